The van der Waals surface area contributed by atoms with E-state index in [1.54, 1.807) is 15.9 Å². The van der Waals surface area contributed by atoms with E-state index in [2.05, 4.69) is 0 Å². The first-order valence-electron chi connectivity index (χ1n) is 8.51. The Kier molecular flexibility index (Phi) is 4.99. The fourth-order valence-corrected chi connectivity index (χ4v) is 3.69. The Bertz CT molecular complexity index is 714. The highest BCUT2D eigenvalue weighted by Gasteiger charge is 2.38. The SMILES string of the molecule is Cc1ccc(N2C[C@@H](C(=O)N3CCC(C(N)=O)CC3)CC2=O)cc1Cl. The Morgan fingerprint density at radius 1 is 1.20 bits per heavy atom. The van der Waals surface area contributed by atoms with Gasteiger partial charge in [0.1, 0.15) is 0 Å². The second-order valence-electron chi connectivity index (χ2n) is 6.84. The number of hydrogen-bond donors (Lipinski definition) is 1. The Morgan fingerprint density at radius 3 is 2.48 bits per heavy atom. The molecule has 0 spiro atoms. The fraction of sp³-hybridized carbons (Fsp3) is 0.500. The minimum atomic E-state index is -0.349. The van der Waals surface area contributed by atoms with Gasteiger partial charge in [-0.2, -0.15) is 0 Å². The van der Waals surface area contributed by atoms with Crippen LogP contribution in [0.3, 0.4) is 0 Å². The number of nitrogens with zero attached hydrogens (tertiary/aromatic N) is 2. The molecule has 0 aliphatic carbocycles. The third-order valence-corrected chi connectivity index (χ3v) is 5.56. The number of likely N-dealkylation sites (tertiary alicyclic amines) is 1. The molecule has 2 saturated heterocycles. The zero-order valence-corrected chi connectivity index (χ0v) is 15.0. The summed E-state index contributed by atoms with van der Waals surface area (Å²) in [6.45, 7) is 3.31. The zero-order valence-electron chi connectivity index (χ0n) is 14.2. The molecule has 7 heteroatoms. The molecule has 1 aromatic rings. The number of carbonyl (C=O) groups excluding carboxylic acids is 3. The average molecular weight is 364 g/mol. The van der Waals surface area contributed by atoms with E-state index in [-0.39, 0.29) is 36.0 Å². The standard InChI is InChI=1S/C18H22ClN3O3/c1-11-2-3-14(9-15(11)19)22-10-13(8-16(22)23)18(25)21-6-4-12(5-7-21)17(20)24/h2-3,9,12-13H,4-8,10H2,1H3,(H2,20,24)/t13-/m0/s1. The van der Waals surface area contributed by atoms with Crippen molar-refractivity contribution in [3.63, 3.8) is 0 Å². The quantitative estimate of drug-likeness (QED) is 0.887. The number of primary amides is 1. The van der Waals surface area contributed by atoms with Gasteiger partial charge < -0.3 is 15.5 Å². The average Bonchev–Trinajstić information content (AvgIpc) is 2.98. The summed E-state index contributed by atoms with van der Waals surface area (Å²) in [6.07, 6.45) is 1.40. The van der Waals surface area contributed by atoms with Crippen molar-refractivity contribution >= 4 is 35.0 Å². The summed E-state index contributed by atoms with van der Waals surface area (Å²) in [6, 6.07) is 5.49. The molecule has 0 radical (unpaired) electrons. The van der Waals surface area contributed by atoms with E-state index in [1.165, 1.54) is 0 Å². The van der Waals surface area contributed by atoms with Crippen LogP contribution in [0.2, 0.25) is 5.02 Å². The zero-order chi connectivity index (χ0) is 18.1. The lowest BCUT2D eigenvalue weighted by Crippen LogP contribution is -2.44. The van der Waals surface area contributed by atoms with Crippen LogP contribution in [0.5, 0.6) is 0 Å². The van der Waals surface area contributed by atoms with Gasteiger partial charge in [0.15, 0.2) is 0 Å². The first kappa shape index (κ1) is 17.7. The molecule has 2 heterocycles. The number of hydrogen-bond acceptors (Lipinski definition) is 3. The van der Waals surface area contributed by atoms with E-state index < -0.39 is 0 Å². The van der Waals surface area contributed by atoms with Crippen molar-refractivity contribution in [1.82, 2.24) is 4.90 Å². The highest BCUT2D eigenvalue weighted by Crippen LogP contribution is 2.30. The van der Waals surface area contributed by atoms with Crippen molar-refractivity contribution in [1.29, 1.82) is 0 Å². The highest BCUT2D eigenvalue weighted by molar-refractivity contribution is 6.31. The minimum absolute atomic E-state index is 0.0167. The van der Waals surface area contributed by atoms with E-state index in [0.29, 0.717) is 37.5 Å². The van der Waals surface area contributed by atoms with Gasteiger partial charge in [-0.3, -0.25) is 14.4 Å². The van der Waals surface area contributed by atoms with Crippen LogP contribution in [-0.2, 0) is 14.4 Å². The largest absolute Gasteiger partial charge is 0.369 e. The lowest BCUT2D eigenvalue weighted by Gasteiger charge is -2.32. The van der Waals surface area contributed by atoms with Crippen molar-refractivity contribution in [2.24, 2.45) is 17.6 Å². The Hall–Kier alpha value is -2.08. The number of halogens is 1. The van der Waals surface area contributed by atoms with Gasteiger partial charge in [-0.1, -0.05) is 17.7 Å². The first-order valence-corrected chi connectivity index (χ1v) is 8.89. The van der Waals surface area contributed by atoms with E-state index in [1.807, 2.05) is 19.1 Å². The van der Waals surface area contributed by atoms with Gasteiger partial charge in [0, 0.05) is 42.7 Å². The predicted molar refractivity (Wildman–Crippen MR) is 95.1 cm³/mol. The van der Waals surface area contributed by atoms with Crippen LogP contribution in [0.4, 0.5) is 5.69 Å². The Balaban J connectivity index is 1.65. The van der Waals surface area contributed by atoms with Crippen molar-refractivity contribution in [2.75, 3.05) is 24.5 Å². The van der Waals surface area contributed by atoms with Crippen molar-refractivity contribution in [2.45, 2.75) is 26.2 Å². The second-order valence-corrected chi connectivity index (χ2v) is 7.25. The van der Waals surface area contributed by atoms with E-state index in [9.17, 15) is 14.4 Å². The summed E-state index contributed by atoms with van der Waals surface area (Å²) in [7, 11) is 0. The molecular weight excluding hydrogens is 342 g/mol. The number of amides is 3. The number of carbonyl (C=O) groups is 3. The van der Waals surface area contributed by atoms with Gasteiger partial charge >= 0.3 is 0 Å². The number of anilines is 1. The summed E-state index contributed by atoms with van der Waals surface area (Å²) in [5.74, 6) is -0.883. The topological polar surface area (TPSA) is 83.7 Å². The predicted octanol–water partition coefficient (Wildman–Crippen LogP) is 1.73. The van der Waals surface area contributed by atoms with Crippen LogP contribution in [0, 0.1) is 18.8 Å². The van der Waals surface area contributed by atoms with Gasteiger partial charge in [-0.25, -0.2) is 0 Å². The number of aryl methyl sites for hydroxylation is 1. The maximum atomic E-state index is 12.7. The molecule has 3 rings (SSSR count). The summed E-state index contributed by atoms with van der Waals surface area (Å²) in [4.78, 5) is 39.7. The molecule has 2 N–H and O–H groups in total. The number of rotatable bonds is 3. The van der Waals surface area contributed by atoms with Crippen LogP contribution < -0.4 is 10.6 Å². The van der Waals surface area contributed by atoms with Gasteiger partial charge in [0.05, 0.1) is 5.92 Å². The normalized spacial score (nSPS) is 21.7. The maximum absolute atomic E-state index is 12.7. The molecule has 0 bridgehead atoms. The molecule has 134 valence electrons. The fourth-order valence-electron chi connectivity index (χ4n) is 3.51. The summed E-state index contributed by atoms with van der Waals surface area (Å²) < 4.78 is 0. The Morgan fingerprint density at radius 2 is 1.88 bits per heavy atom. The molecule has 25 heavy (non-hydrogen) atoms. The molecule has 6 nitrogen and oxygen atoms in total. The van der Waals surface area contributed by atoms with E-state index in [0.717, 1.165) is 11.3 Å². The third-order valence-electron chi connectivity index (χ3n) is 5.15. The maximum Gasteiger partial charge on any atom is 0.228 e. The van der Waals surface area contributed by atoms with Gasteiger partial charge in [-0.15, -0.1) is 0 Å². The first-order chi connectivity index (χ1) is 11.9. The van der Waals surface area contributed by atoms with Crippen molar-refractivity contribution < 1.29 is 14.4 Å². The number of benzene rings is 1. The molecule has 0 unspecified atom stereocenters. The van der Waals surface area contributed by atoms with Gasteiger partial charge in [0.2, 0.25) is 17.7 Å². The molecule has 0 aromatic heterocycles. The van der Waals surface area contributed by atoms with Crippen molar-refractivity contribution in [3.8, 4) is 0 Å². The van der Waals surface area contributed by atoms with Gasteiger partial charge in [0.25, 0.3) is 0 Å². The minimum Gasteiger partial charge on any atom is -0.369 e. The third kappa shape index (κ3) is 3.63. The summed E-state index contributed by atoms with van der Waals surface area (Å²) >= 11 is 6.15. The van der Waals surface area contributed by atoms with E-state index >= 15 is 0 Å². The lowest BCUT2D eigenvalue weighted by molar-refractivity contribution is -0.138. The highest BCUT2D eigenvalue weighted by atomic mass is 35.5. The number of nitrogens with two attached hydrogens (primary N) is 1. The number of piperidine rings is 1. The molecule has 2 fully saturated rings. The summed E-state index contributed by atoms with van der Waals surface area (Å²) in [5.41, 5.74) is 7.00. The molecule has 0 saturated carbocycles. The molecule has 3 amide bonds. The lowest BCUT2D eigenvalue weighted by atomic mass is 9.95. The van der Waals surface area contributed by atoms with Crippen molar-refractivity contribution in [3.05, 3.63) is 28.8 Å². The summed E-state index contributed by atoms with van der Waals surface area (Å²) in [5, 5.41) is 0.605. The van der Waals surface area contributed by atoms with Crippen LogP contribution in [0.15, 0.2) is 18.2 Å². The van der Waals surface area contributed by atoms with Crippen LogP contribution in [0.25, 0.3) is 0 Å². The molecule has 1 aromatic carbocycles. The van der Waals surface area contributed by atoms with Crippen LogP contribution >= 0.6 is 11.6 Å². The van der Waals surface area contributed by atoms with Crippen LogP contribution in [0.1, 0.15) is 24.8 Å². The molecule has 2 aliphatic rings. The Labute approximate surface area is 151 Å². The molecule has 2 aliphatic heterocycles. The smallest absolute Gasteiger partial charge is 0.228 e. The second kappa shape index (κ2) is 7.04. The van der Waals surface area contributed by atoms with Gasteiger partial charge in [-0.05, 0) is 37.5 Å². The molecular formula is C18H22ClN3O3. The van der Waals surface area contributed by atoms with Crippen LogP contribution in [-0.4, -0.2) is 42.3 Å². The monoisotopic (exact) mass is 363 g/mol. The molecule has 1 atom stereocenters. The van der Waals surface area contributed by atoms with E-state index in [4.69, 9.17) is 17.3 Å².